The zero-order valence-electron chi connectivity index (χ0n) is 15.8. The largest absolute Gasteiger partial charge is 0.486 e. The van der Waals surface area contributed by atoms with Crippen molar-refractivity contribution in [1.82, 2.24) is 9.88 Å². The van der Waals surface area contributed by atoms with Crippen molar-refractivity contribution in [2.45, 2.75) is 20.1 Å². The lowest BCUT2D eigenvalue weighted by molar-refractivity contribution is -0.385. The van der Waals surface area contributed by atoms with Gasteiger partial charge in [0.2, 0.25) is 0 Å². The van der Waals surface area contributed by atoms with Crippen LogP contribution in [-0.4, -0.2) is 27.8 Å². The van der Waals surface area contributed by atoms with E-state index < -0.39 is 4.92 Å². The molecule has 0 saturated heterocycles. The Morgan fingerprint density at radius 2 is 1.93 bits per heavy atom. The lowest BCUT2D eigenvalue weighted by Gasteiger charge is -2.16. The molecule has 29 heavy (non-hydrogen) atoms. The number of rotatable bonds is 7. The second-order valence-corrected chi connectivity index (χ2v) is 7.83. The van der Waals surface area contributed by atoms with Gasteiger partial charge in [-0.25, -0.2) is 4.98 Å². The number of hydrogen-bond donors (Lipinski definition) is 0. The minimum absolute atomic E-state index is 0.00905. The fraction of sp³-hybridized carbons (Fsp3) is 0.200. The van der Waals surface area contributed by atoms with Crippen molar-refractivity contribution in [3.05, 3.63) is 84.8 Å². The Morgan fingerprint density at radius 3 is 2.62 bits per heavy atom. The molecule has 0 spiro atoms. The van der Waals surface area contributed by atoms with Crippen molar-refractivity contribution in [3.63, 3.8) is 0 Å². The molecule has 7 nitrogen and oxygen atoms in total. The van der Waals surface area contributed by atoms with Gasteiger partial charge in [0.1, 0.15) is 22.2 Å². The van der Waals surface area contributed by atoms with Gasteiger partial charge in [-0.2, -0.15) is 0 Å². The van der Waals surface area contributed by atoms with Gasteiger partial charge < -0.3 is 9.64 Å². The van der Waals surface area contributed by atoms with Crippen LogP contribution in [0.5, 0.6) is 5.75 Å². The number of benzene rings is 2. The van der Waals surface area contributed by atoms with E-state index in [9.17, 15) is 14.9 Å². The Balaban J connectivity index is 1.69. The molecule has 0 fully saturated rings. The third kappa shape index (κ3) is 5.10. The zero-order valence-corrected chi connectivity index (χ0v) is 17.4. The van der Waals surface area contributed by atoms with Crippen LogP contribution in [0.15, 0.2) is 48.5 Å². The fourth-order valence-electron chi connectivity index (χ4n) is 2.71. The second-order valence-electron chi connectivity index (χ2n) is 6.31. The summed E-state index contributed by atoms with van der Waals surface area (Å²) < 4.78 is 5.68. The van der Waals surface area contributed by atoms with Crippen LogP contribution in [0.25, 0.3) is 0 Å². The lowest BCUT2D eigenvalue weighted by Crippen LogP contribution is -2.26. The van der Waals surface area contributed by atoms with Gasteiger partial charge in [0.15, 0.2) is 0 Å². The van der Waals surface area contributed by atoms with E-state index in [1.54, 1.807) is 56.4 Å². The second kappa shape index (κ2) is 9.02. The number of aryl methyl sites for hydroxylation is 1. The van der Waals surface area contributed by atoms with Crippen molar-refractivity contribution >= 4 is 34.5 Å². The highest BCUT2D eigenvalue weighted by Gasteiger charge is 2.22. The van der Waals surface area contributed by atoms with Crippen LogP contribution in [0.2, 0.25) is 5.02 Å². The topological polar surface area (TPSA) is 85.6 Å². The Bertz CT molecular complexity index is 1040. The summed E-state index contributed by atoms with van der Waals surface area (Å²) in [6, 6.07) is 13.4. The minimum Gasteiger partial charge on any atom is -0.486 e. The SMILES string of the molecule is Cc1nc(COc2ccc(Cl)cc2)sc1C(=O)N(C)Cc1ccccc1[N+](=O)[O-]. The molecule has 150 valence electrons. The highest BCUT2D eigenvalue weighted by Crippen LogP contribution is 2.24. The van der Waals surface area contributed by atoms with Gasteiger partial charge in [-0.15, -0.1) is 11.3 Å². The summed E-state index contributed by atoms with van der Waals surface area (Å²) in [5.41, 5.74) is 1.07. The van der Waals surface area contributed by atoms with Crippen molar-refractivity contribution in [2.75, 3.05) is 7.05 Å². The van der Waals surface area contributed by atoms with Crippen molar-refractivity contribution in [1.29, 1.82) is 0 Å². The van der Waals surface area contributed by atoms with Gasteiger partial charge in [-0.3, -0.25) is 14.9 Å². The third-order valence-electron chi connectivity index (χ3n) is 4.15. The third-order valence-corrected chi connectivity index (χ3v) is 5.52. The number of halogens is 1. The van der Waals surface area contributed by atoms with Crippen LogP contribution in [-0.2, 0) is 13.2 Å². The number of amides is 1. The smallest absolute Gasteiger partial charge is 0.274 e. The number of nitro groups is 1. The van der Waals surface area contributed by atoms with E-state index >= 15 is 0 Å². The Morgan fingerprint density at radius 1 is 1.24 bits per heavy atom. The summed E-state index contributed by atoms with van der Waals surface area (Å²) >= 11 is 7.11. The summed E-state index contributed by atoms with van der Waals surface area (Å²) in [6.07, 6.45) is 0. The zero-order chi connectivity index (χ0) is 21.0. The molecule has 9 heteroatoms. The molecule has 0 saturated carbocycles. The average molecular weight is 432 g/mol. The Hall–Kier alpha value is -2.97. The Kier molecular flexibility index (Phi) is 6.46. The molecule has 0 N–H and O–H groups in total. The van der Waals surface area contributed by atoms with Gasteiger partial charge in [0.05, 0.1) is 17.2 Å². The minimum atomic E-state index is -0.447. The van der Waals surface area contributed by atoms with E-state index in [4.69, 9.17) is 16.3 Å². The predicted molar refractivity (Wildman–Crippen MR) is 112 cm³/mol. The molecule has 0 radical (unpaired) electrons. The first-order chi connectivity index (χ1) is 13.8. The molecule has 1 amide bonds. The number of hydrogen-bond acceptors (Lipinski definition) is 6. The maximum absolute atomic E-state index is 12.8. The maximum atomic E-state index is 12.8. The summed E-state index contributed by atoms with van der Waals surface area (Å²) in [6.45, 7) is 2.12. The van der Waals surface area contributed by atoms with Crippen LogP contribution in [0.3, 0.4) is 0 Å². The number of nitrogens with zero attached hydrogens (tertiary/aromatic N) is 3. The molecule has 3 rings (SSSR count). The molecule has 2 aromatic carbocycles. The first kappa shape index (κ1) is 20.8. The molecule has 0 aliphatic rings. The Labute approximate surface area is 176 Å². The highest BCUT2D eigenvalue weighted by molar-refractivity contribution is 7.13. The van der Waals surface area contributed by atoms with Crippen LogP contribution >= 0.6 is 22.9 Å². The van der Waals surface area contributed by atoms with Crippen LogP contribution < -0.4 is 4.74 Å². The predicted octanol–water partition coefficient (Wildman–Crippen LogP) is 4.86. The molecular formula is C20H18ClN3O4S. The molecule has 0 bridgehead atoms. The monoisotopic (exact) mass is 431 g/mol. The summed E-state index contributed by atoms with van der Waals surface area (Å²) in [4.78, 5) is 29.9. The van der Waals surface area contributed by atoms with Gasteiger partial charge in [-0.05, 0) is 31.2 Å². The van der Waals surface area contributed by atoms with Crippen LogP contribution in [0.4, 0.5) is 5.69 Å². The quantitative estimate of drug-likeness (QED) is 0.393. The number of carbonyl (C=O) groups excluding carboxylic acids is 1. The number of carbonyl (C=O) groups is 1. The van der Waals surface area contributed by atoms with Gasteiger partial charge in [0, 0.05) is 23.7 Å². The summed E-state index contributed by atoms with van der Waals surface area (Å²) in [7, 11) is 1.61. The highest BCUT2D eigenvalue weighted by atomic mass is 35.5. The van der Waals surface area contributed by atoms with E-state index in [0.717, 1.165) is 0 Å². The van der Waals surface area contributed by atoms with E-state index in [1.807, 2.05) is 0 Å². The van der Waals surface area contributed by atoms with E-state index in [-0.39, 0.29) is 24.7 Å². The molecule has 3 aromatic rings. The lowest BCUT2D eigenvalue weighted by atomic mass is 10.1. The number of thiazole rings is 1. The number of nitro benzene ring substituents is 1. The first-order valence-corrected chi connectivity index (χ1v) is 9.87. The number of aromatic nitrogens is 1. The standard InChI is InChI=1S/C20H18ClN3O4S/c1-13-19(29-18(22-13)12-28-16-9-7-15(21)8-10-16)20(25)23(2)11-14-5-3-4-6-17(14)24(26)27/h3-10H,11-12H2,1-2H3. The molecule has 0 aliphatic heterocycles. The van der Waals surface area contributed by atoms with Crippen LogP contribution in [0.1, 0.15) is 25.9 Å². The van der Waals surface area contributed by atoms with E-state index in [2.05, 4.69) is 4.98 Å². The number of para-hydroxylation sites is 1. The summed E-state index contributed by atoms with van der Waals surface area (Å²) in [5, 5.41) is 12.5. The molecule has 0 aliphatic carbocycles. The van der Waals surface area contributed by atoms with Crippen molar-refractivity contribution in [3.8, 4) is 5.75 Å². The maximum Gasteiger partial charge on any atom is 0.274 e. The normalized spacial score (nSPS) is 10.6. The molecule has 0 unspecified atom stereocenters. The average Bonchev–Trinajstić information content (AvgIpc) is 3.07. The summed E-state index contributed by atoms with van der Waals surface area (Å²) in [5.74, 6) is 0.416. The van der Waals surface area contributed by atoms with Gasteiger partial charge in [0.25, 0.3) is 11.6 Å². The van der Waals surface area contributed by atoms with Crippen molar-refractivity contribution in [2.24, 2.45) is 0 Å². The van der Waals surface area contributed by atoms with Gasteiger partial charge >= 0.3 is 0 Å². The van der Waals surface area contributed by atoms with E-state index in [0.29, 0.717) is 31.9 Å². The van der Waals surface area contributed by atoms with E-state index in [1.165, 1.54) is 22.3 Å². The van der Waals surface area contributed by atoms with Gasteiger partial charge in [-0.1, -0.05) is 29.8 Å². The molecule has 1 heterocycles. The van der Waals surface area contributed by atoms with Crippen LogP contribution in [0, 0.1) is 17.0 Å². The fourth-order valence-corrected chi connectivity index (χ4v) is 3.81. The molecular weight excluding hydrogens is 414 g/mol. The number of ether oxygens (including phenoxy) is 1. The first-order valence-electron chi connectivity index (χ1n) is 8.67. The molecule has 1 aromatic heterocycles. The van der Waals surface area contributed by atoms with Crippen molar-refractivity contribution < 1.29 is 14.5 Å². The molecule has 0 atom stereocenters.